The van der Waals surface area contributed by atoms with Crippen molar-refractivity contribution in [1.29, 1.82) is 0 Å². The molecular weight excluding hydrogens is 138 g/mol. The highest BCUT2D eigenvalue weighted by Gasteiger charge is 2.34. The van der Waals surface area contributed by atoms with Crippen LogP contribution in [0.3, 0.4) is 0 Å². The second-order valence-corrected chi connectivity index (χ2v) is 2.45. The fourth-order valence-corrected chi connectivity index (χ4v) is 1.02. The smallest absolute Gasteiger partial charge is 0.0493 e. The molecule has 0 spiro atoms. The highest BCUT2D eigenvalue weighted by molar-refractivity contribution is 5.85. The first-order valence-corrected chi connectivity index (χ1v) is 3.07. The van der Waals surface area contributed by atoms with Crippen LogP contribution in [0.4, 0.5) is 0 Å². The SMILES string of the molecule is COCC1CC1CN.Cl. The van der Waals surface area contributed by atoms with E-state index in [4.69, 9.17) is 10.5 Å². The van der Waals surface area contributed by atoms with Crippen LogP contribution >= 0.6 is 12.4 Å². The molecule has 1 fully saturated rings. The van der Waals surface area contributed by atoms with Crippen LogP contribution in [0.25, 0.3) is 0 Å². The monoisotopic (exact) mass is 151 g/mol. The van der Waals surface area contributed by atoms with Crippen LogP contribution in [-0.2, 0) is 4.74 Å². The highest BCUT2D eigenvalue weighted by atomic mass is 35.5. The van der Waals surface area contributed by atoms with Gasteiger partial charge in [-0.15, -0.1) is 12.4 Å². The third kappa shape index (κ3) is 2.52. The average molecular weight is 152 g/mol. The Hall–Kier alpha value is 0.210. The van der Waals surface area contributed by atoms with Crippen molar-refractivity contribution in [3.05, 3.63) is 0 Å². The minimum atomic E-state index is 0. The summed E-state index contributed by atoms with van der Waals surface area (Å²) in [7, 11) is 1.74. The first kappa shape index (κ1) is 9.21. The number of ether oxygens (including phenoxy) is 1. The predicted molar refractivity (Wildman–Crippen MR) is 39.8 cm³/mol. The Morgan fingerprint density at radius 1 is 1.56 bits per heavy atom. The molecule has 0 bridgehead atoms. The molecule has 1 rings (SSSR count). The van der Waals surface area contributed by atoms with Gasteiger partial charge in [-0.3, -0.25) is 0 Å². The van der Waals surface area contributed by atoms with Crippen LogP contribution in [0.5, 0.6) is 0 Å². The summed E-state index contributed by atoms with van der Waals surface area (Å²) in [6, 6.07) is 0. The zero-order valence-electron chi connectivity index (χ0n) is 5.67. The average Bonchev–Trinajstić information content (AvgIpc) is 2.48. The van der Waals surface area contributed by atoms with Gasteiger partial charge in [-0.2, -0.15) is 0 Å². The van der Waals surface area contributed by atoms with Gasteiger partial charge in [0.2, 0.25) is 0 Å². The molecule has 9 heavy (non-hydrogen) atoms. The zero-order valence-corrected chi connectivity index (χ0v) is 6.49. The molecule has 0 aromatic carbocycles. The zero-order chi connectivity index (χ0) is 5.98. The van der Waals surface area contributed by atoms with E-state index in [1.807, 2.05) is 0 Å². The molecule has 1 saturated carbocycles. The van der Waals surface area contributed by atoms with Crippen molar-refractivity contribution in [2.75, 3.05) is 20.3 Å². The first-order valence-electron chi connectivity index (χ1n) is 3.07. The Bertz CT molecular complexity index is 79.5. The van der Waals surface area contributed by atoms with Gasteiger partial charge in [-0.1, -0.05) is 0 Å². The maximum Gasteiger partial charge on any atom is 0.0493 e. The molecule has 0 radical (unpaired) electrons. The molecule has 0 aromatic heterocycles. The van der Waals surface area contributed by atoms with E-state index in [9.17, 15) is 0 Å². The normalized spacial score (nSPS) is 31.3. The Balaban J connectivity index is 0.000000640. The second-order valence-electron chi connectivity index (χ2n) is 2.45. The summed E-state index contributed by atoms with van der Waals surface area (Å²) in [5, 5.41) is 0. The lowest BCUT2D eigenvalue weighted by molar-refractivity contribution is 0.181. The summed E-state index contributed by atoms with van der Waals surface area (Å²) in [6.45, 7) is 1.75. The Kier molecular flexibility index (Phi) is 4.19. The van der Waals surface area contributed by atoms with Gasteiger partial charge in [-0.05, 0) is 24.8 Å². The predicted octanol–water partition coefficient (Wildman–Crippen LogP) is 0.649. The topological polar surface area (TPSA) is 35.2 Å². The van der Waals surface area contributed by atoms with E-state index in [1.54, 1.807) is 7.11 Å². The van der Waals surface area contributed by atoms with Crippen LogP contribution in [0.1, 0.15) is 6.42 Å². The second kappa shape index (κ2) is 4.09. The minimum absolute atomic E-state index is 0. The number of hydrogen-bond donors (Lipinski definition) is 1. The lowest BCUT2D eigenvalue weighted by Gasteiger charge is -1.92. The van der Waals surface area contributed by atoms with Gasteiger partial charge >= 0.3 is 0 Å². The largest absolute Gasteiger partial charge is 0.384 e. The van der Waals surface area contributed by atoms with Gasteiger partial charge in [-0.25, -0.2) is 0 Å². The summed E-state index contributed by atoms with van der Waals surface area (Å²) < 4.78 is 4.94. The third-order valence-corrected chi connectivity index (χ3v) is 1.75. The summed E-state index contributed by atoms with van der Waals surface area (Å²) >= 11 is 0. The number of rotatable bonds is 3. The quantitative estimate of drug-likeness (QED) is 0.643. The number of hydrogen-bond acceptors (Lipinski definition) is 2. The van der Waals surface area contributed by atoms with E-state index in [1.165, 1.54) is 6.42 Å². The molecule has 0 amide bonds. The standard InChI is InChI=1S/C6H13NO.ClH/c1-8-4-6-2-5(6)3-7;/h5-6H,2-4,7H2,1H3;1H. The molecule has 56 valence electrons. The van der Waals surface area contributed by atoms with E-state index in [-0.39, 0.29) is 12.4 Å². The maximum absolute atomic E-state index is 5.40. The van der Waals surface area contributed by atoms with Gasteiger partial charge in [0.05, 0.1) is 0 Å². The van der Waals surface area contributed by atoms with Crippen LogP contribution in [0, 0.1) is 11.8 Å². The lowest BCUT2D eigenvalue weighted by atomic mass is 10.3. The van der Waals surface area contributed by atoms with E-state index >= 15 is 0 Å². The fraction of sp³-hybridized carbons (Fsp3) is 1.00. The Morgan fingerprint density at radius 2 is 2.22 bits per heavy atom. The molecule has 2 atom stereocenters. The molecular formula is C6H14ClNO. The molecule has 2 nitrogen and oxygen atoms in total. The van der Waals surface area contributed by atoms with Crippen LogP contribution < -0.4 is 5.73 Å². The highest BCUT2D eigenvalue weighted by Crippen LogP contribution is 2.36. The summed E-state index contributed by atoms with van der Waals surface area (Å²) in [5.74, 6) is 1.56. The van der Waals surface area contributed by atoms with Crippen molar-refractivity contribution in [3.8, 4) is 0 Å². The van der Waals surface area contributed by atoms with Crippen LogP contribution in [-0.4, -0.2) is 20.3 Å². The van der Waals surface area contributed by atoms with Crippen LogP contribution in [0.2, 0.25) is 0 Å². The summed E-state index contributed by atoms with van der Waals surface area (Å²) in [5.41, 5.74) is 5.40. The molecule has 1 aliphatic carbocycles. The molecule has 2 N–H and O–H groups in total. The molecule has 2 unspecified atom stereocenters. The van der Waals surface area contributed by atoms with Crippen molar-refractivity contribution < 1.29 is 4.74 Å². The maximum atomic E-state index is 5.40. The molecule has 3 heteroatoms. The summed E-state index contributed by atoms with van der Waals surface area (Å²) in [6.07, 6.45) is 1.28. The van der Waals surface area contributed by atoms with Crippen molar-refractivity contribution in [2.45, 2.75) is 6.42 Å². The van der Waals surface area contributed by atoms with Gasteiger partial charge in [0.1, 0.15) is 0 Å². The van der Waals surface area contributed by atoms with E-state index in [2.05, 4.69) is 0 Å². The molecule has 1 aliphatic rings. The van der Waals surface area contributed by atoms with Gasteiger partial charge < -0.3 is 10.5 Å². The van der Waals surface area contributed by atoms with E-state index in [0.717, 1.165) is 25.0 Å². The number of halogens is 1. The van der Waals surface area contributed by atoms with E-state index in [0.29, 0.717) is 0 Å². The van der Waals surface area contributed by atoms with Crippen LogP contribution in [0.15, 0.2) is 0 Å². The minimum Gasteiger partial charge on any atom is -0.384 e. The molecule has 0 aromatic rings. The van der Waals surface area contributed by atoms with E-state index < -0.39 is 0 Å². The Morgan fingerprint density at radius 3 is 2.56 bits per heavy atom. The number of nitrogens with two attached hydrogens (primary N) is 1. The van der Waals surface area contributed by atoms with Gasteiger partial charge in [0.25, 0.3) is 0 Å². The lowest BCUT2D eigenvalue weighted by Crippen LogP contribution is -2.04. The Labute approximate surface area is 62.2 Å². The van der Waals surface area contributed by atoms with Crippen molar-refractivity contribution in [1.82, 2.24) is 0 Å². The number of methoxy groups -OCH3 is 1. The molecule has 0 aliphatic heterocycles. The third-order valence-electron chi connectivity index (χ3n) is 1.75. The molecule has 0 heterocycles. The van der Waals surface area contributed by atoms with Crippen molar-refractivity contribution in [3.63, 3.8) is 0 Å². The molecule has 0 saturated heterocycles. The van der Waals surface area contributed by atoms with Crippen molar-refractivity contribution >= 4 is 12.4 Å². The summed E-state index contributed by atoms with van der Waals surface area (Å²) in [4.78, 5) is 0. The van der Waals surface area contributed by atoms with Gasteiger partial charge in [0.15, 0.2) is 0 Å². The fourth-order valence-electron chi connectivity index (χ4n) is 1.02. The van der Waals surface area contributed by atoms with Gasteiger partial charge in [0, 0.05) is 13.7 Å². The first-order chi connectivity index (χ1) is 3.88. The van der Waals surface area contributed by atoms with Crippen molar-refractivity contribution in [2.24, 2.45) is 17.6 Å².